The minimum atomic E-state index is -0.457. The zero-order valence-electron chi connectivity index (χ0n) is 10.9. The molecule has 0 amide bonds. The molecule has 3 aromatic rings. The monoisotopic (exact) mass is 300 g/mol. The fourth-order valence-electron chi connectivity index (χ4n) is 2.07. The molecule has 0 bridgehead atoms. The minimum Gasteiger partial charge on any atom is -0.508 e. The Bertz CT molecular complexity index is 854. The van der Waals surface area contributed by atoms with Crippen LogP contribution in [0.15, 0.2) is 62.6 Å². The summed E-state index contributed by atoms with van der Waals surface area (Å²) in [6, 6.07) is 13.2. The summed E-state index contributed by atoms with van der Waals surface area (Å²) in [6.07, 6.45) is 0. The number of thioether (sulfide) groups is 1. The van der Waals surface area contributed by atoms with E-state index in [2.05, 4.69) is 0 Å². The molecule has 2 N–H and O–H groups in total. The molecule has 106 valence electrons. The Morgan fingerprint density at radius 1 is 1.05 bits per heavy atom. The molecule has 0 aliphatic rings. The zero-order chi connectivity index (χ0) is 14.8. The molecule has 1 aromatic heterocycles. The van der Waals surface area contributed by atoms with Crippen molar-refractivity contribution >= 4 is 22.7 Å². The van der Waals surface area contributed by atoms with Crippen molar-refractivity contribution in [3.05, 3.63) is 64.5 Å². The number of hydrogen-bond acceptors (Lipinski definition) is 5. The Morgan fingerprint density at radius 2 is 1.86 bits per heavy atom. The van der Waals surface area contributed by atoms with Crippen LogP contribution in [0.4, 0.5) is 0 Å². The van der Waals surface area contributed by atoms with Crippen molar-refractivity contribution in [2.45, 2.75) is 10.6 Å². The van der Waals surface area contributed by atoms with Gasteiger partial charge in [0, 0.05) is 28.2 Å². The lowest BCUT2D eigenvalue weighted by Crippen LogP contribution is -1.99. The van der Waals surface area contributed by atoms with Gasteiger partial charge in [0.25, 0.3) is 0 Å². The summed E-state index contributed by atoms with van der Waals surface area (Å²) in [5.74, 6) is 0.785. The summed E-state index contributed by atoms with van der Waals surface area (Å²) in [5.41, 5.74) is 0.700. The van der Waals surface area contributed by atoms with Crippen molar-refractivity contribution in [3.63, 3.8) is 0 Å². The van der Waals surface area contributed by atoms with Gasteiger partial charge in [-0.05, 0) is 29.8 Å². The molecule has 0 aliphatic carbocycles. The molecule has 0 radical (unpaired) electrons. The maximum absolute atomic E-state index is 11.6. The molecule has 0 unspecified atom stereocenters. The van der Waals surface area contributed by atoms with E-state index < -0.39 is 5.63 Å². The lowest BCUT2D eigenvalue weighted by atomic mass is 10.1. The van der Waals surface area contributed by atoms with Crippen LogP contribution in [-0.2, 0) is 5.75 Å². The van der Waals surface area contributed by atoms with Gasteiger partial charge in [-0.15, -0.1) is 11.8 Å². The van der Waals surface area contributed by atoms with E-state index >= 15 is 0 Å². The molecule has 2 aromatic carbocycles. The van der Waals surface area contributed by atoms with Crippen LogP contribution in [-0.4, -0.2) is 10.2 Å². The molecule has 0 saturated carbocycles. The molecule has 0 aliphatic heterocycles. The second kappa shape index (κ2) is 5.54. The SMILES string of the molecule is O=c1cc(CSc2ccccc2O)c2ccc(O)cc2o1. The predicted octanol–water partition coefficient (Wildman–Crippen LogP) is 3.50. The highest BCUT2D eigenvalue weighted by molar-refractivity contribution is 7.98. The third-order valence-corrected chi connectivity index (χ3v) is 4.17. The topological polar surface area (TPSA) is 70.7 Å². The van der Waals surface area contributed by atoms with E-state index in [4.69, 9.17) is 4.42 Å². The van der Waals surface area contributed by atoms with E-state index in [9.17, 15) is 15.0 Å². The fourth-order valence-corrected chi connectivity index (χ4v) is 3.01. The third kappa shape index (κ3) is 2.87. The molecule has 0 atom stereocenters. The summed E-state index contributed by atoms with van der Waals surface area (Å²) in [7, 11) is 0. The first-order valence-corrected chi connectivity index (χ1v) is 7.28. The number of phenols is 2. The quantitative estimate of drug-likeness (QED) is 0.572. The lowest BCUT2D eigenvalue weighted by molar-refractivity contribution is 0.462. The number of para-hydroxylation sites is 1. The van der Waals surface area contributed by atoms with Crippen molar-refractivity contribution in [3.8, 4) is 11.5 Å². The Kier molecular flexibility index (Phi) is 3.58. The van der Waals surface area contributed by atoms with E-state index in [1.807, 2.05) is 12.1 Å². The molecular weight excluding hydrogens is 288 g/mol. The Hall–Kier alpha value is -2.40. The first-order chi connectivity index (χ1) is 10.1. The fraction of sp³-hybridized carbons (Fsp3) is 0.0625. The van der Waals surface area contributed by atoms with Gasteiger partial charge in [0.05, 0.1) is 0 Å². The maximum atomic E-state index is 11.6. The van der Waals surface area contributed by atoms with E-state index in [-0.39, 0.29) is 11.5 Å². The third-order valence-electron chi connectivity index (χ3n) is 3.06. The van der Waals surface area contributed by atoms with Gasteiger partial charge < -0.3 is 14.6 Å². The van der Waals surface area contributed by atoms with Crippen molar-refractivity contribution in [2.75, 3.05) is 0 Å². The summed E-state index contributed by atoms with van der Waals surface area (Å²) < 4.78 is 5.08. The van der Waals surface area contributed by atoms with Gasteiger partial charge >= 0.3 is 5.63 Å². The highest BCUT2D eigenvalue weighted by atomic mass is 32.2. The number of phenolic OH excluding ortho intramolecular Hbond substituents is 2. The normalized spacial score (nSPS) is 10.9. The van der Waals surface area contributed by atoms with Crippen LogP contribution in [0.1, 0.15) is 5.56 Å². The second-order valence-electron chi connectivity index (χ2n) is 4.53. The first-order valence-electron chi connectivity index (χ1n) is 6.30. The summed E-state index contributed by atoms with van der Waals surface area (Å²) in [6.45, 7) is 0. The van der Waals surface area contributed by atoms with E-state index in [1.165, 1.54) is 23.9 Å². The highest BCUT2D eigenvalue weighted by Crippen LogP contribution is 2.32. The van der Waals surface area contributed by atoms with Gasteiger partial charge in [0.2, 0.25) is 0 Å². The smallest absolute Gasteiger partial charge is 0.336 e. The van der Waals surface area contributed by atoms with Gasteiger partial charge in [-0.2, -0.15) is 0 Å². The van der Waals surface area contributed by atoms with Crippen molar-refractivity contribution in [1.29, 1.82) is 0 Å². The zero-order valence-corrected chi connectivity index (χ0v) is 11.8. The lowest BCUT2D eigenvalue weighted by Gasteiger charge is -2.07. The average molecular weight is 300 g/mol. The summed E-state index contributed by atoms with van der Waals surface area (Å²) >= 11 is 1.43. The van der Waals surface area contributed by atoms with Crippen LogP contribution in [0.3, 0.4) is 0 Å². The van der Waals surface area contributed by atoms with Gasteiger partial charge in [0.1, 0.15) is 17.1 Å². The largest absolute Gasteiger partial charge is 0.508 e. The average Bonchev–Trinajstić information content (AvgIpc) is 2.45. The number of hydrogen-bond donors (Lipinski definition) is 2. The Balaban J connectivity index is 1.97. The van der Waals surface area contributed by atoms with Gasteiger partial charge in [-0.1, -0.05) is 12.1 Å². The molecule has 0 spiro atoms. The summed E-state index contributed by atoms with van der Waals surface area (Å²) in [4.78, 5) is 12.3. The van der Waals surface area contributed by atoms with Crippen LogP contribution in [0, 0.1) is 0 Å². The first kappa shape index (κ1) is 13.6. The van der Waals surface area contributed by atoms with Crippen LogP contribution in [0.25, 0.3) is 11.0 Å². The number of fused-ring (bicyclic) bond motifs is 1. The molecule has 0 saturated heterocycles. The standard InChI is InChI=1S/C16H12O4S/c17-11-5-6-12-10(7-16(19)20-14(12)8-11)9-21-15-4-2-1-3-13(15)18/h1-8,17-18H,9H2. The predicted molar refractivity (Wildman–Crippen MR) is 81.8 cm³/mol. The Morgan fingerprint density at radius 3 is 2.67 bits per heavy atom. The molecule has 0 fully saturated rings. The van der Waals surface area contributed by atoms with Crippen molar-refractivity contribution < 1.29 is 14.6 Å². The van der Waals surface area contributed by atoms with Crippen molar-refractivity contribution in [1.82, 2.24) is 0 Å². The molecule has 1 heterocycles. The van der Waals surface area contributed by atoms with Gasteiger partial charge in [-0.3, -0.25) is 0 Å². The van der Waals surface area contributed by atoms with Crippen LogP contribution in [0.2, 0.25) is 0 Å². The minimum absolute atomic E-state index is 0.0520. The van der Waals surface area contributed by atoms with Gasteiger partial charge in [0.15, 0.2) is 0 Å². The van der Waals surface area contributed by atoms with Crippen LogP contribution < -0.4 is 5.63 Å². The summed E-state index contributed by atoms with van der Waals surface area (Å²) in [5, 5.41) is 20.0. The van der Waals surface area contributed by atoms with Crippen molar-refractivity contribution in [2.24, 2.45) is 0 Å². The molecular formula is C16H12O4S. The van der Waals surface area contributed by atoms with Crippen LogP contribution in [0.5, 0.6) is 11.5 Å². The van der Waals surface area contributed by atoms with Gasteiger partial charge in [-0.25, -0.2) is 4.79 Å². The second-order valence-corrected chi connectivity index (χ2v) is 5.54. The molecule has 3 rings (SSSR count). The number of aromatic hydroxyl groups is 2. The number of benzene rings is 2. The van der Waals surface area contributed by atoms with E-state index in [1.54, 1.807) is 24.3 Å². The van der Waals surface area contributed by atoms with E-state index in [0.717, 1.165) is 15.8 Å². The molecule has 5 heteroatoms. The number of rotatable bonds is 3. The Labute approximate surface area is 124 Å². The molecule has 21 heavy (non-hydrogen) atoms. The van der Waals surface area contributed by atoms with E-state index in [0.29, 0.717) is 11.3 Å². The van der Waals surface area contributed by atoms with Crippen LogP contribution >= 0.6 is 11.8 Å². The highest BCUT2D eigenvalue weighted by Gasteiger charge is 2.08. The molecule has 4 nitrogen and oxygen atoms in total. The maximum Gasteiger partial charge on any atom is 0.336 e.